The number of hydrogen-bond donors (Lipinski definition) is 0. The van der Waals surface area contributed by atoms with E-state index in [1.54, 1.807) is 0 Å². The van der Waals surface area contributed by atoms with E-state index in [1.807, 2.05) is 29.1 Å². The largest absolute Gasteiger partial charge is 0.339 e. The molecule has 4 rings (SSSR count). The highest BCUT2D eigenvalue weighted by molar-refractivity contribution is 5.95. The Bertz CT molecular complexity index is 995. The molecule has 2 heterocycles. The average Bonchev–Trinajstić information content (AvgIpc) is 3.45. The minimum absolute atomic E-state index is 0.0293. The summed E-state index contributed by atoms with van der Waals surface area (Å²) in [4.78, 5) is 16.5. The van der Waals surface area contributed by atoms with Gasteiger partial charge in [0.2, 0.25) is 11.7 Å². The first-order valence-corrected chi connectivity index (χ1v) is 10.7. The third kappa shape index (κ3) is 7.78. The average molecular weight is 452 g/mol. The van der Waals surface area contributed by atoms with E-state index < -0.39 is 10.2 Å². The molecule has 0 atom stereocenters. The minimum atomic E-state index is -4.94. The first-order chi connectivity index (χ1) is 14.7. The molecule has 1 aromatic carbocycles. The third-order valence-electron chi connectivity index (χ3n) is 4.50. The zero-order chi connectivity index (χ0) is 22.4. The Balaban J connectivity index is 0.000000491. The van der Waals surface area contributed by atoms with Gasteiger partial charge in [0.15, 0.2) is 18.2 Å². The number of halogens is 2. The monoisotopic (exact) mass is 451 g/mol. The summed E-state index contributed by atoms with van der Waals surface area (Å²) in [7, 11) is -4.94. The smallest absolute Gasteiger partial charge is 0.230 e. The molecule has 0 bridgehead atoms. The lowest BCUT2D eigenvalue weighted by Crippen LogP contribution is -2.68. The molecule has 0 unspecified atom stereocenters. The van der Waals surface area contributed by atoms with E-state index in [2.05, 4.69) is 10.1 Å². The summed E-state index contributed by atoms with van der Waals surface area (Å²) in [6, 6.07) is 9.58. The molecule has 0 radical (unpaired) electrons. The van der Waals surface area contributed by atoms with Crippen LogP contribution in [0.3, 0.4) is 0 Å². The van der Waals surface area contributed by atoms with Crippen LogP contribution < -0.4 is 23.2 Å². The van der Waals surface area contributed by atoms with Crippen molar-refractivity contribution in [3.05, 3.63) is 66.1 Å². The number of hydrogen-bond acceptors (Lipinski definition) is 8. The molecule has 2 aromatic heterocycles. The standard InChI is InChI=1S/C20H19FN3O2.ClHO4/c21-17-7-5-14(6-8-17)18(25)2-1-11-24-12-9-15(10-13-24)19-22-20(26-23-19)16-3-4-16;2-1(3,4)5/h5-10,12-13,16H,1-4,11H2;(H,2,3,4,5)/q+1;/p-1. The summed E-state index contributed by atoms with van der Waals surface area (Å²) in [6.45, 7) is 0.729. The van der Waals surface area contributed by atoms with Gasteiger partial charge >= 0.3 is 0 Å². The summed E-state index contributed by atoms with van der Waals surface area (Å²) in [5.74, 6) is 1.50. The van der Waals surface area contributed by atoms with Crippen LogP contribution >= 0.6 is 0 Å². The molecular formula is C20H19ClFN3O6. The molecule has 164 valence electrons. The fraction of sp³-hybridized carbons (Fsp3) is 0.300. The number of aryl methyl sites for hydroxylation is 1. The van der Waals surface area contributed by atoms with Gasteiger partial charge in [0, 0.05) is 42.0 Å². The molecule has 1 aliphatic rings. The highest BCUT2D eigenvalue weighted by Gasteiger charge is 2.29. The van der Waals surface area contributed by atoms with Crippen molar-refractivity contribution < 1.29 is 47.2 Å². The van der Waals surface area contributed by atoms with Crippen LogP contribution in [0.4, 0.5) is 4.39 Å². The predicted octanol–water partition coefficient (Wildman–Crippen LogP) is -1.05. The van der Waals surface area contributed by atoms with Crippen LogP contribution in [0.25, 0.3) is 11.4 Å². The molecular weight excluding hydrogens is 433 g/mol. The van der Waals surface area contributed by atoms with Gasteiger partial charge in [-0.3, -0.25) is 4.79 Å². The summed E-state index contributed by atoms with van der Waals surface area (Å²) < 4.78 is 54.2. The lowest BCUT2D eigenvalue weighted by atomic mass is 10.1. The van der Waals surface area contributed by atoms with Crippen molar-refractivity contribution in [2.45, 2.75) is 38.1 Å². The Morgan fingerprint density at radius 3 is 2.29 bits per heavy atom. The van der Waals surface area contributed by atoms with Crippen LogP contribution in [-0.2, 0) is 6.54 Å². The normalized spacial score (nSPS) is 13.5. The van der Waals surface area contributed by atoms with E-state index >= 15 is 0 Å². The number of carbonyl (C=O) groups is 1. The van der Waals surface area contributed by atoms with Crippen molar-refractivity contribution in [3.8, 4) is 11.4 Å². The van der Waals surface area contributed by atoms with Crippen molar-refractivity contribution >= 4 is 5.78 Å². The Morgan fingerprint density at radius 2 is 1.71 bits per heavy atom. The van der Waals surface area contributed by atoms with Gasteiger partial charge in [-0.05, 0) is 37.1 Å². The number of benzene rings is 1. The lowest BCUT2D eigenvalue weighted by molar-refractivity contribution is -2.00. The zero-order valence-electron chi connectivity index (χ0n) is 16.3. The first kappa shape index (κ1) is 22.9. The molecule has 9 nitrogen and oxygen atoms in total. The van der Waals surface area contributed by atoms with Crippen LogP contribution in [0.2, 0.25) is 0 Å². The fourth-order valence-corrected chi connectivity index (χ4v) is 2.81. The van der Waals surface area contributed by atoms with E-state index in [0.29, 0.717) is 30.1 Å². The van der Waals surface area contributed by atoms with Crippen molar-refractivity contribution in [2.24, 2.45) is 0 Å². The van der Waals surface area contributed by atoms with Gasteiger partial charge in [0.05, 0.1) is 0 Å². The lowest BCUT2D eigenvalue weighted by Gasteiger charge is -2.17. The summed E-state index contributed by atoms with van der Waals surface area (Å²) >= 11 is 0. The van der Waals surface area contributed by atoms with Gasteiger partial charge in [0.25, 0.3) is 0 Å². The number of Topliss-reactive ketones (excluding diaryl/α,β-unsaturated/α-hetero) is 1. The number of rotatable bonds is 7. The number of nitrogens with zero attached hydrogens (tertiary/aromatic N) is 3. The Hall–Kier alpha value is -2.76. The number of ketones is 1. The Kier molecular flexibility index (Phi) is 7.42. The van der Waals surface area contributed by atoms with Crippen LogP contribution in [0.1, 0.15) is 47.8 Å². The van der Waals surface area contributed by atoms with Gasteiger partial charge in [0.1, 0.15) is 12.4 Å². The maximum atomic E-state index is 12.9. The van der Waals surface area contributed by atoms with Gasteiger partial charge in [-0.25, -0.2) is 27.6 Å². The number of pyridine rings is 1. The molecule has 0 saturated heterocycles. The summed E-state index contributed by atoms with van der Waals surface area (Å²) in [6.07, 6.45) is 7.31. The SMILES string of the molecule is O=C(CCC[n+]1ccc(-c2noc(C3CC3)n2)cc1)c1ccc(F)cc1.[O-][Cl+3]([O-])([O-])[O-]. The molecule has 0 aliphatic heterocycles. The quantitative estimate of drug-likeness (QED) is 0.326. The highest BCUT2D eigenvalue weighted by Crippen LogP contribution is 2.39. The molecule has 1 fully saturated rings. The van der Waals surface area contributed by atoms with Crippen LogP contribution in [0.15, 0.2) is 53.3 Å². The zero-order valence-corrected chi connectivity index (χ0v) is 17.0. The van der Waals surface area contributed by atoms with Crippen molar-refractivity contribution in [2.75, 3.05) is 0 Å². The maximum Gasteiger partial charge on any atom is 0.230 e. The second-order valence-corrected chi connectivity index (χ2v) is 7.72. The Labute approximate surface area is 179 Å². The van der Waals surface area contributed by atoms with Crippen LogP contribution in [-0.4, -0.2) is 15.9 Å². The molecule has 0 N–H and O–H groups in total. The second kappa shape index (κ2) is 10.0. The van der Waals surface area contributed by atoms with Crippen molar-refractivity contribution in [3.63, 3.8) is 0 Å². The van der Waals surface area contributed by atoms with Crippen LogP contribution in [0.5, 0.6) is 0 Å². The molecule has 1 saturated carbocycles. The van der Waals surface area contributed by atoms with Crippen molar-refractivity contribution in [1.29, 1.82) is 0 Å². The highest BCUT2D eigenvalue weighted by atomic mass is 35.7. The number of carbonyl (C=O) groups excluding carboxylic acids is 1. The third-order valence-corrected chi connectivity index (χ3v) is 4.50. The fourth-order valence-electron chi connectivity index (χ4n) is 2.81. The summed E-state index contributed by atoms with van der Waals surface area (Å²) in [5.41, 5.74) is 1.47. The maximum absolute atomic E-state index is 12.9. The van der Waals surface area contributed by atoms with E-state index in [0.717, 1.165) is 30.8 Å². The van der Waals surface area contributed by atoms with Gasteiger partial charge in [-0.2, -0.15) is 4.98 Å². The number of aromatic nitrogens is 3. The topological polar surface area (TPSA) is 152 Å². The molecule has 31 heavy (non-hydrogen) atoms. The van der Waals surface area contributed by atoms with Gasteiger partial charge in [-0.1, -0.05) is 5.16 Å². The van der Waals surface area contributed by atoms with E-state index in [4.69, 9.17) is 23.2 Å². The molecule has 0 amide bonds. The molecule has 11 heteroatoms. The molecule has 1 aliphatic carbocycles. The van der Waals surface area contributed by atoms with E-state index in [1.165, 1.54) is 24.3 Å². The minimum Gasteiger partial charge on any atom is -0.339 e. The van der Waals surface area contributed by atoms with E-state index in [9.17, 15) is 9.18 Å². The Morgan fingerprint density at radius 1 is 1.10 bits per heavy atom. The summed E-state index contributed by atoms with van der Waals surface area (Å²) in [5, 5.41) is 4.04. The van der Waals surface area contributed by atoms with E-state index in [-0.39, 0.29) is 11.6 Å². The second-order valence-electron chi connectivity index (χ2n) is 6.97. The van der Waals surface area contributed by atoms with Gasteiger partial charge < -0.3 is 4.52 Å². The van der Waals surface area contributed by atoms with Crippen LogP contribution in [0, 0.1) is 16.1 Å². The first-order valence-electron chi connectivity index (χ1n) is 9.42. The van der Waals surface area contributed by atoms with Crippen molar-refractivity contribution in [1.82, 2.24) is 10.1 Å². The predicted molar refractivity (Wildman–Crippen MR) is 91.9 cm³/mol. The molecule has 0 spiro atoms. The molecule has 3 aromatic rings. The van der Waals surface area contributed by atoms with Gasteiger partial charge in [-0.15, -0.1) is 10.2 Å².